The van der Waals surface area contributed by atoms with Crippen LogP contribution < -0.4 is 9.04 Å². The summed E-state index contributed by atoms with van der Waals surface area (Å²) in [6.07, 6.45) is -1.07. The van der Waals surface area contributed by atoms with Crippen molar-refractivity contribution in [3.05, 3.63) is 95.6 Å². The number of sulfonamides is 1. The molecule has 1 unspecified atom stereocenters. The number of alkyl halides is 1. The first-order valence-corrected chi connectivity index (χ1v) is 13.0. The van der Waals surface area contributed by atoms with Gasteiger partial charge in [0.15, 0.2) is 0 Å². The molecule has 0 aliphatic carbocycles. The largest absolute Gasteiger partial charge is 0.487 e. The van der Waals surface area contributed by atoms with Crippen molar-refractivity contribution in [2.24, 2.45) is 0 Å². The molecule has 3 rings (SSSR count). The van der Waals surface area contributed by atoms with Gasteiger partial charge in [0, 0.05) is 5.33 Å². The third kappa shape index (κ3) is 6.80. The van der Waals surface area contributed by atoms with Crippen molar-refractivity contribution >= 4 is 37.7 Å². The van der Waals surface area contributed by atoms with Gasteiger partial charge < -0.3 is 14.6 Å². The Kier molecular flexibility index (Phi) is 8.49. The highest BCUT2D eigenvalue weighted by molar-refractivity contribution is 9.09. The smallest absolute Gasteiger partial charge is 0.428 e. The quantitative estimate of drug-likeness (QED) is 0.397. The van der Waals surface area contributed by atoms with Crippen LogP contribution in [0.4, 0.5) is 10.5 Å². The molecule has 0 spiro atoms. The van der Waals surface area contributed by atoms with E-state index >= 15 is 0 Å². The highest BCUT2D eigenvalue weighted by Crippen LogP contribution is 2.35. The van der Waals surface area contributed by atoms with E-state index in [1.54, 1.807) is 30.3 Å². The highest BCUT2D eigenvalue weighted by atomic mass is 79.9. The van der Waals surface area contributed by atoms with E-state index in [1.165, 1.54) is 12.1 Å². The van der Waals surface area contributed by atoms with Gasteiger partial charge in [-0.15, -0.1) is 0 Å². The second-order valence-electron chi connectivity index (χ2n) is 7.24. The van der Waals surface area contributed by atoms with Gasteiger partial charge in [-0.05, 0) is 28.8 Å². The van der Waals surface area contributed by atoms with Crippen LogP contribution in [0.3, 0.4) is 0 Å². The number of halogens is 1. The van der Waals surface area contributed by atoms with Crippen molar-refractivity contribution in [3.63, 3.8) is 0 Å². The molecule has 3 aromatic rings. The van der Waals surface area contributed by atoms with Crippen molar-refractivity contribution in [2.45, 2.75) is 19.3 Å². The zero-order valence-corrected chi connectivity index (χ0v) is 20.3. The number of aliphatic hydroxyl groups excluding tert-OH is 1. The number of aliphatic hydroxyl groups is 1. The summed E-state index contributed by atoms with van der Waals surface area (Å²) in [6, 6.07) is 22.8. The van der Waals surface area contributed by atoms with E-state index < -0.39 is 22.2 Å². The minimum absolute atomic E-state index is 0.0380. The predicted octanol–water partition coefficient (Wildman–Crippen LogP) is 4.80. The Morgan fingerprint density at radius 2 is 1.55 bits per heavy atom. The molecule has 0 aliphatic rings. The number of carbonyl (C=O) groups excluding carboxylic acids is 1. The Balaban J connectivity index is 1.96. The van der Waals surface area contributed by atoms with E-state index in [4.69, 9.17) is 9.47 Å². The van der Waals surface area contributed by atoms with E-state index in [0.717, 1.165) is 11.8 Å². The summed E-state index contributed by atoms with van der Waals surface area (Å²) in [5.41, 5.74) is 1.95. The molecule has 7 nitrogen and oxygen atoms in total. The van der Waals surface area contributed by atoms with Crippen LogP contribution in [0.5, 0.6) is 5.75 Å². The average molecular weight is 534 g/mol. The van der Waals surface area contributed by atoms with Crippen molar-refractivity contribution in [1.82, 2.24) is 0 Å². The summed E-state index contributed by atoms with van der Waals surface area (Å²) in [6.45, 7) is 0.0560. The van der Waals surface area contributed by atoms with Gasteiger partial charge in [0.25, 0.3) is 0 Å². The molecule has 174 valence electrons. The monoisotopic (exact) mass is 533 g/mol. The zero-order chi connectivity index (χ0) is 23.8. The summed E-state index contributed by atoms with van der Waals surface area (Å²) < 4.78 is 37.0. The van der Waals surface area contributed by atoms with Crippen LogP contribution in [0.1, 0.15) is 22.8 Å². The fourth-order valence-electron chi connectivity index (χ4n) is 3.04. The molecule has 0 heterocycles. The molecule has 33 heavy (non-hydrogen) atoms. The van der Waals surface area contributed by atoms with Crippen LogP contribution in [-0.4, -0.2) is 31.2 Å². The minimum Gasteiger partial charge on any atom is -0.487 e. The van der Waals surface area contributed by atoms with E-state index in [9.17, 15) is 18.3 Å². The lowest BCUT2D eigenvalue weighted by Gasteiger charge is -2.24. The average Bonchev–Trinajstić information content (AvgIpc) is 2.82. The molecule has 3 aromatic carbocycles. The molecule has 0 saturated heterocycles. The van der Waals surface area contributed by atoms with Gasteiger partial charge in [-0.1, -0.05) is 82.7 Å². The summed E-state index contributed by atoms with van der Waals surface area (Å²) in [7, 11) is -4.09. The second kappa shape index (κ2) is 11.3. The lowest BCUT2D eigenvalue weighted by Crippen LogP contribution is -2.37. The Bertz CT molecular complexity index is 1170. The van der Waals surface area contributed by atoms with Crippen molar-refractivity contribution in [3.8, 4) is 5.75 Å². The van der Waals surface area contributed by atoms with Gasteiger partial charge in [0.05, 0.1) is 12.4 Å². The van der Waals surface area contributed by atoms with Crippen LogP contribution in [0.25, 0.3) is 0 Å². The molecule has 0 saturated carbocycles. The number of benzene rings is 3. The maximum Gasteiger partial charge on any atom is 0.428 e. The van der Waals surface area contributed by atoms with Crippen molar-refractivity contribution in [1.29, 1.82) is 0 Å². The molecular formula is C24H24BrNO6S. The fraction of sp³-hybridized carbons (Fsp3) is 0.208. The first-order chi connectivity index (χ1) is 15.8. The van der Waals surface area contributed by atoms with Gasteiger partial charge >= 0.3 is 6.09 Å². The Hall–Kier alpha value is -2.88. The number of hydrogen-bond donors (Lipinski definition) is 1. The van der Waals surface area contributed by atoms with Crippen LogP contribution in [0.15, 0.2) is 78.9 Å². The Morgan fingerprint density at radius 3 is 2.09 bits per heavy atom. The molecule has 0 aliphatic heterocycles. The molecule has 1 atom stereocenters. The normalized spacial score (nSPS) is 12.1. The molecule has 0 radical (unpaired) electrons. The standard InChI is InChI=1S/C24H24BrNO6S/c1-33(29,30)26(24(28)32-17-19-10-6-3-7-11-19)21-14-20(22(27)15-25)12-13-23(21)31-16-18-8-4-2-5-9-18/h2-14,22,27H,15-17H2,1H3. The van der Waals surface area contributed by atoms with Gasteiger partial charge in [0.1, 0.15) is 24.7 Å². The molecule has 9 heteroatoms. The highest BCUT2D eigenvalue weighted by Gasteiger charge is 2.31. The lowest BCUT2D eigenvalue weighted by molar-refractivity contribution is 0.151. The fourth-order valence-corrected chi connectivity index (χ4v) is 4.23. The molecule has 1 amide bonds. The van der Waals surface area contributed by atoms with Crippen molar-refractivity contribution in [2.75, 3.05) is 15.9 Å². The number of rotatable bonds is 9. The Labute approximate surface area is 201 Å². The van der Waals surface area contributed by atoms with Gasteiger partial charge in [-0.3, -0.25) is 0 Å². The van der Waals surface area contributed by atoms with Gasteiger partial charge in [-0.25, -0.2) is 13.2 Å². The van der Waals surface area contributed by atoms with E-state index in [-0.39, 0.29) is 30.0 Å². The van der Waals surface area contributed by atoms with Crippen LogP contribution in [-0.2, 0) is 28.0 Å². The molecule has 1 N–H and O–H groups in total. The van der Waals surface area contributed by atoms with E-state index in [0.29, 0.717) is 15.4 Å². The number of anilines is 1. The minimum atomic E-state index is -4.09. The molecular weight excluding hydrogens is 510 g/mol. The maximum absolute atomic E-state index is 12.9. The number of ether oxygens (including phenoxy) is 2. The number of hydrogen-bond acceptors (Lipinski definition) is 6. The second-order valence-corrected chi connectivity index (χ2v) is 9.72. The van der Waals surface area contributed by atoms with Crippen LogP contribution in [0.2, 0.25) is 0 Å². The maximum atomic E-state index is 12.9. The number of amides is 1. The van der Waals surface area contributed by atoms with Crippen LogP contribution in [0, 0.1) is 0 Å². The van der Waals surface area contributed by atoms with E-state index in [2.05, 4.69) is 15.9 Å². The van der Waals surface area contributed by atoms with Gasteiger partial charge in [-0.2, -0.15) is 4.31 Å². The third-order valence-corrected chi connectivity index (χ3v) is 6.29. The lowest BCUT2D eigenvalue weighted by atomic mass is 10.1. The zero-order valence-electron chi connectivity index (χ0n) is 17.9. The van der Waals surface area contributed by atoms with Crippen molar-refractivity contribution < 1.29 is 27.8 Å². The third-order valence-electron chi connectivity index (χ3n) is 4.67. The summed E-state index contributed by atoms with van der Waals surface area (Å²) in [4.78, 5) is 12.9. The topological polar surface area (TPSA) is 93.1 Å². The summed E-state index contributed by atoms with van der Waals surface area (Å²) >= 11 is 3.21. The first-order valence-electron chi connectivity index (χ1n) is 10.0. The van der Waals surface area contributed by atoms with Gasteiger partial charge in [0.2, 0.25) is 10.0 Å². The number of carbonyl (C=O) groups is 1. The Morgan fingerprint density at radius 1 is 0.970 bits per heavy atom. The van der Waals surface area contributed by atoms with Crippen LogP contribution >= 0.6 is 15.9 Å². The van der Waals surface area contributed by atoms with E-state index in [1.807, 2.05) is 36.4 Å². The summed E-state index contributed by atoms with van der Waals surface area (Å²) in [5, 5.41) is 10.5. The number of nitrogens with zero attached hydrogens (tertiary/aromatic N) is 1. The SMILES string of the molecule is CS(=O)(=O)N(C(=O)OCc1ccccc1)c1cc(C(O)CBr)ccc1OCc1ccccc1. The molecule has 0 fully saturated rings. The molecule has 0 bridgehead atoms. The summed E-state index contributed by atoms with van der Waals surface area (Å²) in [5.74, 6) is 0.159. The predicted molar refractivity (Wildman–Crippen MR) is 130 cm³/mol. The first kappa shape index (κ1) is 24.8. The molecule has 0 aromatic heterocycles.